The number of nitrogens with zero attached hydrogens (tertiary/aromatic N) is 2. The molecule has 4 radical (unpaired) electrons. The second kappa shape index (κ2) is 9.77. The molecule has 3 aromatic heterocycles. The lowest BCUT2D eigenvalue weighted by molar-refractivity contribution is -0.323. The molecule has 0 aliphatic carbocycles. The summed E-state index contributed by atoms with van der Waals surface area (Å²) in [6.07, 6.45) is 3.17. The van der Waals surface area contributed by atoms with Crippen molar-refractivity contribution in [1.29, 1.82) is 0 Å². The number of pyridine rings is 2. The maximum Gasteiger partial charge on any atom is 0.260 e. The van der Waals surface area contributed by atoms with Gasteiger partial charge in [0.25, 0.3) is 5.91 Å². The van der Waals surface area contributed by atoms with E-state index in [9.17, 15) is 30.3 Å². The van der Waals surface area contributed by atoms with Gasteiger partial charge in [0, 0.05) is 39.3 Å². The molecule has 1 amide bonds. The van der Waals surface area contributed by atoms with Gasteiger partial charge in [-0.25, -0.2) is 4.98 Å². The van der Waals surface area contributed by atoms with Crippen LogP contribution in [0.15, 0.2) is 43.1 Å². The Bertz CT molecular complexity index is 1550. The Kier molecular flexibility index (Phi) is 7.12. The number of aromatic nitrogens is 2. The number of nitrogens with one attached hydrogen (secondary N) is 1. The number of primary amides is 1. The number of hydrogen-bond donors (Lipinski definition) is 7. The summed E-state index contributed by atoms with van der Waals surface area (Å²) in [5, 5.41) is 56.4. The van der Waals surface area contributed by atoms with Crippen molar-refractivity contribution in [2.45, 2.75) is 30.3 Å². The molecule has 0 unspecified atom stereocenters. The molecule has 38 heavy (non-hydrogen) atoms. The number of amides is 1. The van der Waals surface area contributed by atoms with Gasteiger partial charge in [0.1, 0.15) is 16.3 Å². The van der Waals surface area contributed by atoms with Crippen LogP contribution in [0.4, 0.5) is 5.69 Å². The minimum absolute atomic E-state index is 0.0164. The van der Waals surface area contributed by atoms with Crippen molar-refractivity contribution in [1.82, 2.24) is 9.97 Å². The number of benzene rings is 1. The molecule has 0 saturated carbocycles. The zero-order valence-electron chi connectivity index (χ0n) is 20.3. The first-order valence-electron chi connectivity index (χ1n) is 11.5. The van der Waals surface area contributed by atoms with Crippen LogP contribution in [0.25, 0.3) is 38.3 Å². The van der Waals surface area contributed by atoms with Crippen molar-refractivity contribution in [2.24, 2.45) is 5.73 Å². The molecule has 0 spiro atoms. The summed E-state index contributed by atoms with van der Waals surface area (Å²) in [6.45, 7) is 6.26. The number of nitrogens with two attached hydrogens (primary N) is 1. The van der Waals surface area contributed by atoms with Crippen molar-refractivity contribution in [2.75, 3.05) is 11.9 Å². The smallest absolute Gasteiger partial charge is 0.260 e. The average molecular weight is 530 g/mol. The van der Waals surface area contributed by atoms with Gasteiger partial charge in [0.2, 0.25) is 0 Å². The Labute approximate surface area is 224 Å². The third-order valence-corrected chi connectivity index (χ3v) is 7.33. The monoisotopic (exact) mass is 530 g/mol. The second-order valence-corrected chi connectivity index (χ2v) is 9.87. The SMILES string of the molecule is [B]C(O)(O)C(O)(c1cnc(C=C)cc1-c1ccc2c(ccc3sc(C(N)=O)c(NCCC)c32)n1)C([B])(O)O. The largest absolute Gasteiger partial charge is 0.383 e. The topological polar surface area (TPSA) is 182 Å². The van der Waals surface area contributed by atoms with Crippen LogP contribution < -0.4 is 11.1 Å². The van der Waals surface area contributed by atoms with Crippen molar-refractivity contribution >= 4 is 65.7 Å². The summed E-state index contributed by atoms with van der Waals surface area (Å²) in [4.78, 5) is 21.2. The van der Waals surface area contributed by atoms with E-state index in [0.29, 0.717) is 33.7 Å². The molecule has 8 N–H and O–H groups in total. The summed E-state index contributed by atoms with van der Waals surface area (Å²) in [5.74, 6) is -0.559. The summed E-state index contributed by atoms with van der Waals surface area (Å²) in [6, 6.07) is 8.21. The Hall–Kier alpha value is -3.32. The zero-order chi connectivity index (χ0) is 28.0. The number of anilines is 1. The van der Waals surface area contributed by atoms with Gasteiger partial charge in [0.15, 0.2) is 21.3 Å². The van der Waals surface area contributed by atoms with Gasteiger partial charge < -0.3 is 36.6 Å². The molecule has 1 aromatic carbocycles. The summed E-state index contributed by atoms with van der Waals surface area (Å²) >= 11 is 1.26. The quantitative estimate of drug-likeness (QED) is 0.122. The van der Waals surface area contributed by atoms with E-state index >= 15 is 0 Å². The van der Waals surface area contributed by atoms with Crippen LogP contribution >= 0.6 is 11.3 Å². The fraction of sp³-hybridized carbons (Fsp3) is 0.240. The highest BCUT2D eigenvalue weighted by Crippen LogP contribution is 2.43. The third-order valence-electron chi connectivity index (χ3n) is 6.16. The van der Waals surface area contributed by atoms with Crippen molar-refractivity contribution in [3.05, 3.63) is 59.2 Å². The highest BCUT2D eigenvalue weighted by atomic mass is 32.1. The summed E-state index contributed by atoms with van der Waals surface area (Å²) in [7, 11) is 10.7. The lowest BCUT2D eigenvalue weighted by Crippen LogP contribution is -2.66. The summed E-state index contributed by atoms with van der Waals surface area (Å²) in [5.41, 5.74) is -3.96. The van der Waals surface area contributed by atoms with Gasteiger partial charge >= 0.3 is 0 Å². The van der Waals surface area contributed by atoms with Gasteiger partial charge in [-0.1, -0.05) is 13.5 Å². The number of carbonyl (C=O) groups is 1. The predicted octanol–water partition coefficient (Wildman–Crippen LogP) is 0.877. The van der Waals surface area contributed by atoms with Gasteiger partial charge in [-0.05, 0) is 42.8 Å². The van der Waals surface area contributed by atoms with Crippen molar-refractivity contribution < 1.29 is 30.3 Å². The molecule has 3 heterocycles. The highest BCUT2D eigenvalue weighted by Gasteiger charge is 2.58. The van der Waals surface area contributed by atoms with Crippen LogP contribution in [0.5, 0.6) is 0 Å². The maximum atomic E-state index is 12.1. The van der Waals surface area contributed by atoms with E-state index in [0.717, 1.165) is 22.7 Å². The molecule has 192 valence electrons. The molecule has 13 heteroatoms. The van der Waals surface area contributed by atoms with Gasteiger partial charge in [-0.2, -0.15) is 0 Å². The molecule has 4 aromatic rings. The number of carbonyl (C=O) groups excluding carboxylic acids is 1. The predicted molar refractivity (Wildman–Crippen MR) is 147 cm³/mol. The van der Waals surface area contributed by atoms with Crippen molar-refractivity contribution in [3.8, 4) is 11.3 Å². The minimum atomic E-state index is -3.61. The number of hydrogen-bond acceptors (Lipinski definition) is 10. The van der Waals surface area contributed by atoms with Gasteiger partial charge in [0.05, 0.1) is 22.6 Å². The fourth-order valence-electron chi connectivity index (χ4n) is 4.29. The van der Waals surface area contributed by atoms with Crippen molar-refractivity contribution in [3.63, 3.8) is 0 Å². The van der Waals surface area contributed by atoms with E-state index in [1.54, 1.807) is 24.3 Å². The molecule has 4 rings (SSSR count). The Morgan fingerprint density at radius 1 is 1.16 bits per heavy atom. The lowest BCUT2D eigenvalue weighted by Gasteiger charge is -2.46. The first kappa shape index (κ1) is 27.7. The van der Waals surface area contributed by atoms with Crippen LogP contribution in [0.3, 0.4) is 0 Å². The Balaban J connectivity index is 2.01. The van der Waals surface area contributed by atoms with E-state index < -0.39 is 28.4 Å². The fourth-order valence-corrected chi connectivity index (χ4v) is 5.34. The molecule has 0 aliphatic rings. The van der Waals surface area contributed by atoms with E-state index in [1.807, 2.05) is 6.92 Å². The van der Waals surface area contributed by atoms with Gasteiger partial charge in [-0.15, -0.1) is 11.3 Å². The zero-order valence-corrected chi connectivity index (χ0v) is 21.2. The molecule has 0 bridgehead atoms. The first-order valence-corrected chi connectivity index (χ1v) is 12.3. The Morgan fingerprint density at radius 2 is 1.84 bits per heavy atom. The number of aliphatic hydroxyl groups is 5. The average Bonchev–Trinajstić information content (AvgIpc) is 3.24. The number of fused-ring (bicyclic) bond motifs is 3. The number of rotatable bonds is 9. The van der Waals surface area contributed by atoms with E-state index in [4.69, 9.17) is 21.4 Å². The molecular weight excluding hydrogens is 506 g/mol. The lowest BCUT2D eigenvalue weighted by atomic mass is 9.62. The van der Waals surface area contributed by atoms with Crippen LogP contribution in [-0.2, 0) is 5.60 Å². The van der Waals surface area contributed by atoms with Gasteiger partial charge in [-0.3, -0.25) is 9.78 Å². The first-order chi connectivity index (χ1) is 17.7. The van der Waals surface area contributed by atoms with Crippen LogP contribution in [-0.4, -0.2) is 75.0 Å². The van der Waals surface area contributed by atoms with E-state index in [1.165, 1.54) is 23.5 Å². The normalized spacial score (nSPS) is 12.7. The molecule has 10 nitrogen and oxygen atoms in total. The van der Waals surface area contributed by atoms with Crippen LogP contribution in [0, 0.1) is 0 Å². The Morgan fingerprint density at radius 3 is 2.42 bits per heavy atom. The van der Waals surface area contributed by atoms with Crippen LogP contribution in [0.2, 0.25) is 0 Å². The van der Waals surface area contributed by atoms with Crippen LogP contribution in [0.1, 0.15) is 34.3 Å². The molecule has 0 aliphatic heterocycles. The molecule has 0 saturated heterocycles. The van der Waals surface area contributed by atoms with E-state index in [2.05, 4.69) is 21.9 Å². The number of thiophene rings is 1. The molecule has 0 fully saturated rings. The maximum absolute atomic E-state index is 12.1. The molecular formula is C25H24B2N4O6S. The summed E-state index contributed by atoms with van der Waals surface area (Å²) < 4.78 is 0.814. The highest BCUT2D eigenvalue weighted by molar-refractivity contribution is 7.21. The van der Waals surface area contributed by atoms with E-state index in [-0.39, 0.29) is 11.3 Å². The second-order valence-electron chi connectivity index (χ2n) is 8.82. The molecule has 0 atom stereocenters. The third kappa shape index (κ3) is 4.47. The minimum Gasteiger partial charge on any atom is -0.383 e. The standard InChI is InChI=1S/C25H24B2N4O6S/c1-3-9-29-20-19-13-5-6-17(31-16(13)7-8-18(19)38-21(20)22(28)32)14-10-12(4-2)30-11-15(14)23(33,24(26,34)35)25(27,36)37/h4-8,10-11,29,33-37H,2-3,9H2,1H3,(H2,28,32).